The predicted molar refractivity (Wildman–Crippen MR) is 82.9 cm³/mol. The van der Waals surface area contributed by atoms with Crippen molar-refractivity contribution in [1.82, 2.24) is 0 Å². The monoisotopic (exact) mass is 321 g/mol. The fourth-order valence-corrected chi connectivity index (χ4v) is 2.49. The van der Waals surface area contributed by atoms with Gasteiger partial charge in [-0.2, -0.15) is 13.2 Å². The van der Waals surface area contributed by atoms with Gasteiger partial charge >= 0.3 is 6.18 Å². The molecule has 0 aromatic heterocycles. The van der Waals surface area contributed by atoms with Crippen LogP contribution < -0.4 is 4.90 Å². The number of anilines is 1. The van der Waals surface area contributed by atoms with E-state index in [1.807, 2.05) is 32.6 Å². The topological polar surface area (TPSA) is 3.24 Å². The van der Waals surface area contributed by atoms with Crippen LogP contribution in [-0.4, -0.2) is 13.1 Å². The van der Waals surface area contributed by atoms with Crippen LogP contribution in [0, 0.1) is 11.8 Å². The van der Waals surface area contributed by atoms with Gasteiger partial charge in [-0.1, -0.05) is 33.8 Å². The van der Waals surface area contributed by atoms with E-state index in [1.54, 1.807) is 12.1 Å². The van der Waals surface area contributed by atoms with Crippen molar-refractivity contribution < 1.29 is 13.2 Å². The van der Waals surface area contributed by atoms with Gasteiger partial charge in [0.1, 0.15) is 0 Å². The van der Waals surface area contributed by atoms with Crippen LogP contribution in [0.4, 0.5) is 18.9 Å². The van der Waals surface area contributed by atoms with Crippen molar-refractivity contribution >= 4 is 17.3 Å². The molecule has 1 nitrogen and oxygen atoms in total. The zero-order chi connectivity index (χ0) is 16.2. The Morgan fingerprint density at radius 2 is 1.57 bits per heavy atom. The molecule has 0 amide bonds. The Labute approximate surface area is 130 Å². The van der Waals surface area contributed by atoms with Crippen LogP contribution in [0.15, 0.2) is 18.2 Å². The highest BCUT2D eigenvalue weighted by Gasteiger charge is 2.35. The minimum atomic E-state index is -4.37. The van der Waals surface area contributed by atoms with Gasteiger partial charge in [0.25, 0.3) is 0 Å². The van der Waals surface area contributed by atoms with Crippen molar-refractivity contribution in [2.24, 2.45) is 11.8 Å². The largest absolute Gasteiger partial charge is 0.418 e. The van der Waals surface area contributed by atoms with Crippen LogP contribution in [0.1, 0.15) is 38.8 Å². The molecule has 0 heterocycles. The Bertz CT molecular complexity index is 445. The van der Waals surface area contributed by atoms with Gasteiger partial charge in [0.2, 0.25) is 0 Å². The molecule has 1 aromatic rings. The Balaban J connectivity index is 3.28. The second-order valence-electron chi connectivity index (χ2n) is 6.18. The lowest BCUT2D eigenvalue weighted by atomic mass is 10.0. The van der Waals surface area contributed by atoms with E-state index in [0.717, 1.165) is 6.07 Å². The number of nitrogens with zero attached hydrogens (tertiary/aromatic N) is 1. The van der Waals surface area contributed by atoms with E-state index in [2.05, 4.69) is 0 Å². The molecule has 0 saturated carbocycles. The van der Waals surface area contributed by atoms with E-state index in [0.29, 0.717) is 18.7 Å². The molecule has 0 aliphatic rings. The lowest BCUT2D eigenvalue weighted by Crippen LogP contribution is -2.33. The van der Waals surface area contributed by atoms with Crippen molar-refractivity contribution in [3.63, 3.8) is 0 Å². The number of alkyl halides is 4. The number of benzene rings is 1. The minimum absolute atomic E-state index is 0.0811. The van der Waals surface area contributed by atoms with Crippen LogP contribution in [0.3, 0.4) is 0 Å². The highest BCUT2D eigenvalue weighted by molar-refractivity contribution is 6.17. The van der Waals surface area contributed by atoms with Crippen LogP contribution in [-0.2, 0) is 12.1 Å². The van der Waals surface area contributed by atoms with Crippen LogP contribution in [0.25, 0.3) is 0 Å². The van der Waals surface area contributed by atoms with Crippen LogP contribution >= 0.6 is 11.6 Å². The van der Waals surface area contributed by atoms with Gasteiger partial charge in [-0.3, -0.25) is 0 Å². The van der Waals surface area contributed by atoms with Gasteiger partial charge in [0.15, 0.2) is 0 Å². The Hall–Kier alpha value is -0.900. The molecule has 0 atom stereocenters. The lowest BCUT2D eigenvalue weighted by molar-refractivity contribution is -0.137. The maximum atomic E-state index is 13.3. The average Bonchev–Trinajstić information content (AvgIpc) is 2.35. The lowest BCUT2D eigenvalue weighted by Gasteiger charge is -2.31. The van der Waals surface area contributed by atoms with E-state index < -0.39 is 11.7 Å². The smallest absolute Gasteiger partial charge is 0.371 e. The summed E-state index contributed by atoms with van der Waals surface area (Å²) in [7, 11) is 0. The molecule has 0 aliphatic carbocycles. The van der Waals surface area contributed by atoms with Crippen molar-refractivity contribution in [3.8, 4) is 0 Å². The van der Waals surface area contributed by atoms with Crippen molar-refractivity contribution in [3.05, 3.63) is 29.3 Å². The summed E-state index contributed by atoms with van der Waals surface area (Å²) in [4.78, 5) is 1.83. The van der Waals surface area contributed by atoms with E-state index in [-0.39, 0.29) is 23.4 Å². The molecule has 120 valence electrons. The summed E-state index contributed by atoms with van der Waals surface area (Å²) < 4.78 is 40.0. The molecule has 0 N–H and O–H groups in total. The third kappa shape index (κ3) is 5.42. The molecule has 1 rings (SSSR count). The van der Waals surface area contributed by atoms with Gasteiger partial charge in [-0.05, 0) is 29.5 Å². The van der Waals surface area contributed by atoms with Crippen molar-refractivity contribution in [1.29, 1.82) is 0 Å². The second kappa shape index (κ2) is 7.39. The standard InChI is InChI=1S/C16H23ClF3N/c1-11(2)9-21(10-12(3)4)15-6-5-13(8-17)7-14(15)16(18,19)20/h5-7,11-12H,8-10H2,1-4H3. The quantitative estimate of drug-likeness (QED) is 0.620. The number of rotatable bonds is 6. The van der Waals surface area contributed by atoms with Crippen molar-refractivity contribution in [2.45, 2.75) is 39.8 Å². The number of halogens is 4. The van der Waals surface area contributed by atoms with E-state index in [4.69, 9.17) is 11.6 Å². The first-order valence-electron chi connectivity index (χ1n) is 7.16. The summed E-state index contributed by atoms with van der Waals surface area (Å²) >= 11 is 5.67. The highest BCUT2D eigenvalue weighted by Crippen LogP contribution is 2.38. The summed E-state index contributed by atoms with van der Waals surface area (Å²) in [5.74, 6) is 0.660. The van der Waals surface area contributed by atoms with Crippen LogP contribution in [0.5, 0.6) is 0 Å². The first-order valence-corrected chi connectivity index (χ1v) is 7.69. The Kier molecular flexibility index (Phi) is 6.39. The summed E-state index contributed by atoms with van der Waals surface area (Å²) in [6, 6.07) is 4.38. The van der Waals surface area contributed by atoms with E-state index >= 15 is 0 Å². The van der Waals surface area contributed by atoms with Gasteiger partial charge < -0.3 is 4.90 Å². The highest BCUT2D eigenvalue weighted by atomic mass is 35.5. The fraction of sp³-hybridized carbons (Fsp3) is 0.625. The van der Waals surface area contributed by atoms with Gasteiger partial charge in [0, 0.05) is 24.7 Å². The molecule has 0 unspecified atom stereocenters. The molecule has 0 spiro atoms. The average molecular weight is 322 g/mol. The Morgan fingerprint density at radius 3 is 1.95 bits per heavy atom. The molecular weight excluding hydrogens is 299 g/mol. The third-order valence-electron chi connectivity index (χ3n) is 3.03. The third-order valence-corrected chi connectivity index (χ3v) is 3.34. The summed E-state index contributed by atoms with van der Waals surface area (Å²) in [6.07, 6.45) is -4.37. The molecule has 0 radical (unpaired) electrons. The summed E-state index contributed by atoms with van der Waals surface area (Å²) in [6.45, 7) is 9.23. The zero-order valence-corrected chi connectivity index (χ0v) is 13.7. The van der Waals surface area contributed by atoms with E-state index in [1.165, 1.54) is 0 Å². The first kappa shape index (κ1) is 18.1. The fourth-order valence-electron chi connectivity index (χ4n) is 2.32. The molecule has 5 heteroatoms. The summed E-state index contributed by atoms with van der Waals surface area (Å²) in [5.41, 5.74) is 0.141. The molecule has 21 heavy (non-hydrogen) atoms. The van der Waals surface area contributed by atoms with Crippen molar-refractivity contribution in [2.75, 3.05) is 18.0 Å². The van der Waals surface area contributed by atoms with Gasteiger partial charge in [-0.15, -0.1) is 11.6 Å². The molecule has 0 aliphatic heterocycles. The van der Waals surface area contributed by atoms with Crippen LogP contribution in [0.2, 0.25) is 0 Å². The van der Waals surface area contributed by atoms with Gasteiger partial charge in [-0.25, -0.2) is 0 Å². The SMILES string of the molecule is CC(C)CN(CC(C)C)c1ccc(CCl)cc1C(F)(F)F. The minimum Gasteiger partial charge on any atom is -0.371 e. The molecule has 0 bridgehead atoms. The van der Waals surface area contributed by atoms with E-state index in [9.17, 15) is 13.2 Å². The molecule has 0 fully saturated rings. The Morgan fingerprint density at radius 1 is 1.05 bits per heavy atom. The maximum absolute atomic E-state index is 13.3. The second-order valence-corrected chi connectivity index (χ2v) is 6.44. The number of hydrogen-bond acceptors (Lipinski definition) is 1. The number of hydrogen-bond donors (Lipinski definition) is 0. The molecule has 0 saturated heterocycles. The first-order chi connectivity index (χ1) is 9.65. The normalized spacial score (nSPS) is 12.3. The zero-order valence-electron chi connectivity index (χ0n) is 13.0. The molecule has 1 aromatic carbocycles. The molecular formula is C16H23ClF3N. The predicted octanol–water partition coefficient (Wildman–Crippen LogP) is 5.56. The summed E-state index contributed by atoms with van der Waals surface area (Å²) in [5, 5.41) is 0. The maximum Gasteiger partial charge on any atom is 0.418 e. The van der Waals surface area contributed by atoms with Gasteiger partial charge in [0.05, 0.1) is 5.56 Å².